The van der Waals surface area contributed by atoms with Gasteiger partial charge >= 0.3 is 0 Å². The van der Waals surface area contributed by atoms with E-state index >= 15 is 0 Å². The van der Waals surface area contributed by atoms with Crippen LogP contribution in [-0.2, 0) is 6.61 Å². The zero-order valence-corrected chi connectivity index (χ0v) is 17.1. The highest BCUT2D eigenvalue weighted by Gasteiger charge is 2.19. The average Bonchev–Trinajstić information content (AvgIpc) is 3.47. The number of aliphatic hydroxyl groups is 1. The van der Waals surface area contributed by atoms with Crippen molar-refractivity contribution >= 4 is 11.6 Å². The molecule has 0 aliphatic carbocycles. The molecule has 1 atom stereocenters. The monoisotopic (exact) mass is 430 g/mol. The molecule has 1 aromatic carbocycles. The van der Waals surface area contributed by atoms with Crippen molar-refractivity contribution in [1.29, 1.82) is 0 Å². The topological polar surface area (TPSA) is 117 Å². The lowest BCUT2D eigenvalue weighted by Gasteiger charge is -2.12. The summed E-state index contributed by atoms with van der Waals surface area (Å²) >= 11 is 0. The molecule has 9 nitrogen and oxygen atoms in total. The molecule has 0 saturated heterocycles. The highest BCUT2D eigenvalue weighted by molar-refractivity contribution is 5.80. The van der Waals surface area contributed by atoms with Crippen LogP contribution in [0.25, 0.3) is 28.3 Å². The van der Waals surface area contributed by atoms with Gasteiger partial charge < -0.3 is 10.4 Å². The predicted molar refractivity (Wildman–Crippen MR) is 116 cm³/mol. The summed E-state index contributed by atoms with van der Waals surface area (Å²) in [5, 5.41) is 19.4. The van der Waals surface area contributed by atoms with Gasteiger partial charge in [-0.25, -0.2) is 24.3 Å². The molecule has 0 radical (unpaired) electrons. The fourth-order valence-corrected chi connectivity index (χ4v) is 3.48. The van der Waals surface area contributed by atoms with Crippen molar-refractivity contribution in [1.82, 2.24) is 34.5 Å². The van der Waals surface area contributed by atoms with Gasteiger partial charge in [0, 0.05) is 18.0 Å². The van der Waals surface area contributed by atoms with E-state index in [1.165, 1.54) is 18.5 Å². The number of pyridine rings is 1. The molecule has 1 unspecified atom stereocenters. The van der Waals surface area contributed by atoms with Crippen LogP contribution >= 0.6 is 0 Å². The lowest BCUT2D eigenvalue weighted by molar-refractivity contribution is 0.282. The summed E-state index contributed by atoms with van der Waals surface area (Å²) < 4.78 is 15.4. The molecule has 0 bridgehead atoms. The maximum atomic E-state index is 13.5. The fraction of sp³-hybridized carbons (Fsp3) is 0.136. The van der Waals surface area contributed by atoms with E-state index < -0.39 is 0 Å². The van der Waals surface area contributed by atoms with Crippen LogP contribution in [0.1, 0.15) is 24.4 Å². The minimum Gasteiger partial charge on any atom is -0.392 e. The Balaban J connectivity index is 1.62. The molecule has 4 aromatic heterocycles. The number of anilines is 1. The second-order valence-electron chi connectivity index (χ2n) is 7.24. The first-order valence-corrected chi connectivity index (χ1v) is 9.95. The molecule has 0 spiro atoms. The van der Waals surface area contributed by atoms with Gasteiger partial charge in [0.15, 0.2) is 0 Å². The first-order valence-electron chi connectivity index (χ1n) is 9.95. The molecule has 0 aliphatic rings. The van der Waals surface area contributed by atoms with Crippen molar-refractivity contribution in [3.63, 3.8) is 0 Å². The van der Waals surface area contributed by atoms with Crippen LogP contribution in [-0.4, -0.2) is 39.6 Å². The summed E-state index contributed by atoms with van der Waals surface area (Å²) in [4.78, 5) is 17.9. The zero-order chi connectivity index (χ0) is 22.1. The summed E-state index contributed by atoms with van der Waals surface area (Å²) in [5.41, 5.74) is 4.15. The summed E-state index contributed by atoms with van der Waals surface area (Å²) in [6.45, 7) is 1.83. The van der Waals surface area contributed by atoms with Crippen molar-refractivity contribution in [3.05, 3.63) is 78.4 Å². The summed E-state index contributed by atoms with van der Waals surface area (Å²) in [5.74, 6) is 0.757. The Bertz CT molecular complexity index is 1360. The number of H-pyrrole nitrogens is 1. The number of aromatic nitrogens is 7. The smallest absolute Gasteiger partial charge is 0.223 e. The van der Waals surface area contributed by atoms with E-state index in [-0.39, 0.29) is 18.5 Å². The van der Waals surface area contributed by atoms with Gasteiger partial charge in [0.1, 0.15) is 23.6 Å². The maximum absolute atomic E-state index is 13.5. The Morgan fingerprint density at radius 3 is 2.72 bits per heavy atom. The Morgan fingerprint density at radius 2 is 1.97 bits per heavy atom. The van der Waals surface area contributed by atoms with E-state index in [2.05, 4.69) is 25.5 Å². The van der Waals surface area contributed by atoms with Crippen LogP contribution in [0.15, 0.2) is 61.2 Å². The van der Waals surface area contributed by atoms with Crippen LogP contribution < -0.4 is 5.32 Å². The summed E-state index contributed by atoms with van der Waals surface area (Å²) in [7, 11) is 0. The van der Waals surface area contributed by atoms with Gasteiger partial charge in [0.25, 0.3) is 0 Å². The Morgan fingerprint density at radius 1 is 1.12 bits per heavy atom. The number of aromatic amines is 1. The number of hydrogen-bond donors (Lipinski definition) is 3. The average molecular weight is 430 g/mol. The number of nitrogens with one attached hydrogen (secondary N) is 2. The Kier molecular flexibility index (Phi) is 5.04. The number of aliphatic hydroxyl groups excluding tert-OH is 1. The summed E-state index contributed by atoms with van der Waals surface area (Å²) in [6, 6.07) is 11.4. The first-order chi connectivity index (χ1) is 15.6. The number of halogens is 1. The molecule has 0 amide bonds. The number of imidazole rings is 1. The van der Waals surface area contributed by atoms with Crippen molar-refractivity contribution in [2.24, 2.45) is 0 Å². The van der Waals surface area contributed by atoms with E-state index in [0.717, 1.165) is 16.8 Å². The van der Waals surface area contributed by atoms with Crippen LogP contribution in [0.3, 0.4) is 0 Å². The normalized spacial score (nSPS) is 12.2. The van der Waals surface area contributed by atoms with E-state index in [1.54, 1.807) is 24.4 Å². The molecule has 4 heterocycles. The molecule has 0 saturated carbocycles. The van der Waals surface area contributed by atoms with Crippen molar-refractivity contribution in [3.8, 4) is 22.6 Å². The van der Waals surface area contributed by atoms with Crippen LogP contribution in [0.4, 0.5) is 10.3 Å². The van der Waals surface area contributed by atoms with Crippen molar-refractivity contribution < 1.29 is 9.50 Å². The molecular formula is C22H19FN8O. The molecule has 0 aliphatic heterocycles. The number of nitrogens with zero attached hydrogens (tertiary/aromatic N) is 6. The highest BCUT2D eigenvalue weighted by atomic mass is 19.1. The highest BCUT2D eigenvalue weighted by Crippen LogP contribution is 2.32. The third kappa shape index (κ3) is 3.67. The molecular weight excluding hydrogens is 411 g/mol. The zero-order valence-electron chi connectivity index (χ0n) is 17.1. The molecule has 5 aromatic rings. The number of benzene rings is 1. The van der Waals surface area contributed by atoms with Crippen LogP contribution in [0, 0.1) is 5.82 Å². The number of rotatable bonds is 6. The van der Waals surface area contributed by atoms with Gasteiger partial charge in [-0.15, -0.1) is 0 Å². The minimum atomic E-state index is -0.323. The maximum Gasteiger partial charge on any atom is 0.223 e. The van der Waals surface area contributed by atoms with Crippen LogP contribution in [0.5, 0.6) is 0 Å². The fourth-order valence-electron chi connectivity index (χ4n) is 3.48. The predicted octanol–water partition coefficient (Wildman–Crippen LogP) is 3.38. The second kappa shape index (κ2) is 8.16. The van der Waals surface area contributed by atoms with Gasteiger partial charge in [0.05, 0.1) is 29.7 Å². The number of fused-ring (bicyclic) bond motifs is 1. The van der Waals surface area contributed by atoms with E-state index in [4.69, 9.17) is 9.97 Å². The largest absolute Gasteiger partial charge is 0.392 e. The number of hydrogen-bond acceptors (Lipinski definition) is 7. The molecule has 3 N–H and O–H groups in total. The van der Waals surface area contributed by atoms with Gasteiger partial charge in [0.2, 0.25) is 5.95 Å². The Labute approximate surface area is 182 Å². The van der Waals surface area contributed by atoms with Crippen molar-refractivity contribution in [2.75, 3.05) is 5.32 Å². The third-order valence-electron chi connectivity index (χ3n) is 5.08. The van der Waals surface area contributed by atoms with Gasteiger partial charge in [-0.1, -0.05) is 0 Å². The van der Waals surface area contributed by atoms with E-state index in [1.807, 2.05) is 29.7 Å². The molecule has 32 heavy (non-hydrogen) atoms. The van der Waals surface area contributed by atoms with Gasteiger partial charge in [-0.3, -0.25) is 9.50 Å². The van der Waals surface area contributed by atoms with Gasteiger partial charge in [-0.05, 0) is 55.0 Å². The third-order valence-corrected chi connectivity index (χ3v) is 5.08. The molecule has 5 rings (SSSR count). The SMILES string of the molecule is CC(Nc1nccc(-c2c(-c3ccc(F)cc3)nc3cc(CO)ccn23)n1)c1ncn[nH]1. The Hall–Kier alpha value is -4.18. The summed E-state index contributed by atoms with van der Waals surface area (Å²) in [6.07, 6.45) is 4.94. The van der Waals surface area contributed by atoms with Gasteiger partial charge in [-0.2, -0.15) is 5.10 Å². The van der Waals surface area contributed by atoms with E-state index in [9.17, 15) is 9.50 Å². The quantitative estimate of drug-likeness (QED) is 0.378. The van der Waals surface area contributed by atoms with E-state index in [0.29, 0.717) is 28.8 Å². The molecule has 160 valence electrons. The molecule has 0 fully saturated rings. The van der Waals surface area contributed by atoms with Crippen molar-refractivity contribution in [2.45, 2.75) is 19.6 Å². The lowest BCUT2D eigenvalue weighted by atomic mass is 10.1. The first kappa shape index (κ1) is 19.8. The van der Waals surface area contributed by atoms with Crippen LogP contribution in [0.2, 0.25) is 0 Å². The second-order valence-corrected chi connectivity index (χ2v) is 7.24. The standard InChI is InChI=1S/C22H19FN8O/c1-13(21-25-12-26-30-21)27-22-24-8-6-17(28-22)20-19(15-2-4-16(23)5-3-15)29-18-10-14(11-32)7-9-31(18)20/h2-10,12-13,32H,11H2,1H3,(H,24,27,28)(H,25,26,30). The lowest BCUT2D eigenvalue weighted by Crippen LogP contribution is -2.11. The minimum absolute atomic E-state index is 0.0916. The molecule has 10 heteroatoms.